The number of carbonyl (C=O) groups is 2. The van der Waals surface area contributed by atoms with Gasteiger partial charge in [-0.2, -0.15) is 0 Å². The highest BCUT2D eigenvalue weighted by Crippen LogP contribution is 2.59. The van der Waals surface area contributed by atoms with Crippen LogP contribution >= 0.6 is 0 Å². The van der Waals surface area contributed by atoms with Gasteiger partial charge in [-0.15, -0.1) is 0 Å². The highest BCUT2D eigenvalue weighted by Gasteiger charge is 2.67. The van der Waals surface area contributed by atoms with Crippen molar-refractivity contribution >= 4 is 11.9 Å². The van der Waals surface area contributed by atoms with Gasteiger partial charge in [0.05, 0.1) is 11.8 Å². The molecule has 2 fully saturated rings. The molecule has 2 aliphatic carbocycles. The van der Waals surface area contributed by atoms with Crippen LogP contribution in [0.15, 0.2) is 30.3 Å². The second-order valence-corrected chi connectivity index (χ2v) is 6.80. The lowest BCUT2D eigenvalue weighted by Gasteiger charge is -2.23. The van der Waals surface area contributed by atoms with E-state index in [0.717, 1.165) is 18.4 Å². The van der Waals surface area contributed by atoms with Gasteiger partial charge >= 0.3 is 5.97 Å². The van der Waals surface area contributed by atoms with Crippen molar-refractivity contribution in [1.29, 1.82) is 0 Å². The second-order valence-electron chi connectivity index (χ2n) is 6.80. The molecule has 0 heterocycles. The van der Waals surface area contributed by atoms with E-state index >= 15 is 0 Å². The number of carboxylic acids is 1. The van der Waals surface area contributed by atoms with Crippen molar-refractivity contribution in [3.8, 4) is 0 Å². The van der Waals surface area contributed by atoms with E-state index in [1.165, 1.54) is 0 Å². The van der Waals surface area contributed by atoms with Gasteiger partial charge < -0.3 is 10.0 Å². The van der Waals surface area contributed by atoms with E-state index < -0.39 is 17.3 Å². The van der Waals surface area contributed by atoms with Crippen LogP contribution in [0.2, 0.25) is 0 Å². The number of aliphatic carboxylic acids is 1. The Morgan fingerprint density at radius 1 is 1.19 bits per heavy atom. The molecule has 0 unspecified atom stereocenters. The van der Waals surface area contributed by atoms with Crippen molar-refractivity contribution < 1.29 is 14.7 Å². The maximum absolute atomic E-state index is 12.8. The van der Waals surface area contributed by atoms with E-state index in [1.54, 1.807) is 0 Å². The molecule has 0 bridgehead atoms. The van der Waals surface area contributed by atoms with Crippen LogP contribution in [0.4, 0.5) is 0 Å². The normalized spacial score (nSPS) is 26.2. The van der Waals surface area contributed by atoms with Crippen LogP contribution in [0.3, 0.4) is 0 Å². The molecule has 3 rings (SSSR count). The molecule has 0 radical (unpaired) electrons. The molecule has 2 saturated carbocycles. The molecule has 1 aromatic rings. The van der Waals surface area contributed by atoms with Crippen LogP contribution in [0, 0.1) is 17.3 Å². The van der Waals surface area contributed by atoms with Crippen molar-refractivity contribution in [3.05, 3.63) is 35.9 Å². The Bertz CT molecular complexity index is 563. The Morgan fingerprint density at radius 2 is 1.81 bits per heavy atom. The molecular formula is C17H21NO3. The quantitative estimate of drug-likeness (QED) is 0.905. The maximum Gasteiger partial charge on any atom is 0.307 e. The van der Waals surface area contributed by atoms with Crippen molar-refractivity contribution in [1.82, 2.24) is 4.90 Å². The molecule has 1 amide bonds. The summed E-state index contributed by atoms with van der Waals surface area (Å²) >= 11 is 0. The van der Waals surface area contributed by atoms with Gasteiger partial charge in [-0.3, -0.25) is 9.59 Å². The van der Waals surface area contributed by atoms with E-state index in [9.17, 15) is 14.7 Å². The van der Waals surface area contributed by atoms with Crippen LogP contribution < -0.4 is 0 Å². The summed E-state index contributed by atoms with van der Waals surface area (Å²) in [6.45, 7) is 4.34. The predicted octanol–water partition coefficient (Wildman–Crippen LogP) is 2.53. The summed E-state index contributed by atoms with van der Waals surface area (Å²) in [5.41, 5.74) is 0.676. The van der Waals surface area contributed by atoms with E-state index in [0.29, 0.717) is 12.6 Å². The average Bonchev–Trinajstić information content (AvgIpc) is 3.32. The third kappa shape index (κ3) is 2.55. The zero-order valence-electron chi connectivity index (χ0n) is 12.5. The number of nitrogens with zero attached hydrogens (tertiary/aromatic N) is 1. The van der Waals surface area contributed by atoms with Crippen LogP contribution in [0.1, 0.15) is 32.3 Å². The summed E-state index contributed by atoms with van der Waals surface area (Å²) < 4.78 is 0. The third-order valence-electron chi connectivity index (χ3n) is 4.83. The van der Waals surface area contributed by atoms with E-state index in [4.69, 9.17) is 0 Å². The van der Waals surface area contributed by atoms with Gasteiger partial charge in [0.1, 0.15) is 0 Å². The lowest BCUT2D eigenvalue weighted by Crippen LogP contribution is -2.35. The smallest absolute Gasteiger partial charge is 0.307 e. The van der Waals surface area contributed by atoms with Gasteiger partial charge in [0.25, 0.3) is 0 Å². The summed E-state index contributed by atoms with van der Waals surface area (Å²) in [6.07, 6.45) is 2.06. The molecule has 4 heteroatoms. The van der Waals surface area contributed by atoms with E-state index in [1.807, 2.05) is 49.1 Å². The Hall–Kier alpha value is -1.84. The van der Waals surface area contributed by atoms with Crippen LogP contribution in [-0.4, -0.2) is 27.9 Å². The predicted molar refractivity (Wildman–Crippen MR) is 78.4 cm³/mol. The SMILES string of the molecule is CC1(C)[C@H](C(=O)O)[C@@H]1C(=O)N(Cc1ccccc1)C1CC1. The Labute approximate surface area is 124 Å². The van der Waals surface area contributed by atoms with Crippen molar-refractivity contribution in [2.24, 2.45) is 17.3 Å². The monoisotopic (exact) mass is 287 g/mol. The molecule has 0 aliphatic heterocycles. The summed E-state index contributed by atoms with van der Waals surface area (Å²) in [5, 5.41) is 9.26. The fourth-order valence-corrected chi connectivity index (χ4v) is 3.29. The van der Waals surface area contributed by atoms with Crippen molar-refractivity contribution in [2.75, 3.05) is 0 Å². The zero-order valence-corrected chi connectivity index (χ0v) is 12.5. The first-order chi connectivity index (χ1) is 9.93. The second kappa shape index (κ2) is 4.86. The van der Waals surface area contributed by atoms with E-state index in [2.05, 4.69) is 0 Å². The first-order valence-electron chi connectivity index (χ1n) is 7.50. The number of rotatable bonds is 5. The number of hydrogen-bond donors (Lipinski definition) is 1. The standard InChI is InChI=1S/C17H21NO3/c1-17(2)13(14(17)16(20)21)15(19)18(12-8-9-12)10-11-6-4-3-5-7-11/h3-7,12-14H,8-10H2,1-2H3,(H,20,21)/t13-,14+/m1/s1. The largest absolute Gasteiger partial charge is 0.481 e. The van der Waals surface area contributed by atoms with Crippen molar-refractivity contribution in [2.45, 2.75) is 39.3 Å². The fourth-order valence-electron chi connectivity index (χ4n) is 3.29. The number of amides is 1. The molecule has 21 heavy (non-hydrogen) atoms. The number of carboxylic acid groups (broad SMARTS) is 1. The summed E-state index contributed by atoms with van der Waals surface area (Å²) in [4.78, 5) is 26.0. The maximum atomic E-state index is 12.8. The average molecular weight is 287 g/mol. The number of benzene rings is 1. The fraction of sp³-hybridized carbons (Fsp3) is 0.529. The van der Waals surface area contributed by atoms with Crippen LogP contribution in [-0.2, 0) is 16.1 Å². The first-order valence-corrected chi connectivity index (χ1v) is 7.50. The Morgan fingerprint density at radius 3 is 2.29 bits per heavy atom. The molecule has 0 saturated heterocycles. The van der Waals surface area contributed by atoms with Crippen LogP contribution in [0.25, 0.3) is 0 Å². The molecule has 1 N–H and O–H groups in total. The van der Waals surface area contributed by atoms with Gasteiger partial charge in [-0.1, -0.05) is 44.2 Å². The highest BCUT2D eigenvalue weighted by atomic mass is 16.4. The van der Waals surface area contributed by atoms with Gasteiger partial charge in [-0.25, -0.2) is 0 Å². The summed E-state index contributed by atoms with van der Waals surface area (Å²) in [5.74, 6) is -1.76. The Kier molecular flexibility index (Phi) is 3.27. The van der Waals surface area contributed by atoms with Gasteiger partial charge in [0.15, 0.2) is 0 Å². The molecule has 2 atom stereocenters. The zero-order chi connectivity index (χ0) is 15.2. The van der Waals surface area contributed by atoms with Crippen molar-refractivity contribution in [3.63, 3.8) is 0 Å². The lowest BCUT2D eigenvalue weighted by atomic mass is 10.1. The molecule has 1 aromatic carbocycles. The minimum atomic E-state index is -0.853. The molecule has 4 nitrogen and oxygen atoms in total. The third-order valence-corrected chi connectivity index (χ3v) is 4.83. The van der Waals surface area contributed by atoms with Gasteiger partial charge in [0, 0.05) is 12.6 Å². The first kappa shape index (κ1) is 14.1. The molecule has 0 aromatic heterocycles. The Balaban J connectivity index is 1.76. The van der Waals surface area contributed by atoms with Crippen LogP contribution in [0.5, 0.6) is 0 Å². The minimum absolute atomic E-state index is 0.0127. The number of carbonyl (C=O) groups excluding carboxylic acids is 1. The molecule has 112 valence electrons. The molecule has 2 aliphatic rings. The highest BCUT2D eigenvalue weighted by molar-refractivity contribution is 5.92. The molecular weight excluding hydrogens is 266 g/mol. The molecule has 0 spiro atoms. The minimum Gasteiger partial charge on any atom is -0.481 e. The number of hydrogen-bond acceptors (Lipinski definition) is 2. The van der Waals surface area contributed by atoms with Gasteiger partial charge in [-0.05, 0) is 23.8 Å². The summed E-state index contributed by atoms with van der Waals surface area (Å²) in [6, 6.07) is 10.2. The van der Waals surface area contributed by atoms with E-state index in [-0.39, 0.29) is 11.8 Å². The summed E-state index contributed by atoms with van der Waals surface area (Å²) in [7, 11) is 0. The van der Waals surface area contributed by atoms with Gasteiger partial charge in [0.2, 0.25) is 5.91 Å². The lowest BCUT2D eigenvalue weighted by molar-refractivity contribution is -0.142. The topological polar surface area (TPSA) is 57.6 Å².